The van der Waals surface area contributed by atoms with Crippen molar-refractivity contribution in [2.45, 2.75) is 0 Å². The summed E-state index contributed by atoms with van der Waals surface area (Å²) in [5, 5.41) is 9.27. The minimum absolute atomic E-state index is 0.0851. The Morgan fingerprint density at radius 1 is 1.46 bits per heavy atom. The first kappa shape index (κ1) is 9.38. The average molecular weight is 180 g/mol. The maximum atomic E-state index is 10.8. The van der Waals surface area contributed by atoms with E-state index in [4.69, 9.17) is 5.73 Å². The Bertz CT molecular complexity index is 334. The van der Waals surface area contributed by atoms with Crippen LogP contribution in [-0.2, 0) is 0 Å². The first-order chi connectivity index (χ1) is 6.02. The number of amides is 1. The lowest BCUT2D eigenvalue weighted by molar-refractivity contribution is 0.0998. The fraction of sp³-hybridized carbons (Fsp3) is 0.222. The Balaban J connectivity index is 3.19. The molecule has 0 heterocycles. The van der Waals surface area contributed by atoms with Crippen LogP contribution in [0.4, 0.5) is 5.69 Å². The van der Waals surface area contributed by atoms with Crippen LogP contribution in [0.3, 0.4) is 0 Å². The minimum atomic E-state index is -0.624. The van der Waals surface area contributed by atoms with Crippen molar-refractivity contribution in [3.8, 4) is 5.75 Å². The normalized spacial score (nSPS) is 9.69. The van der Waals surface area contributed by atoms with Gasteiger partial charge in [-0.25, -0.2) is 0 Å². The van der Waals surface area contributed by atoms with Gasteiger partial charge in [-0.1, -0.05) is 0 Å². The zero-order valence-electron chi connectivity index (χ0n) is 7.61. The zero-order chi connectivity index (χ0) is 10.0. The van der Waals surface area contributed by atoms with Crippen LogP contribution >= 0.6 is 0 Å². The van der Waals surface area contributed by atoms with Gasteiger partial charge in [-0.2, -0.15) is 0 Å². The zero-order valence-corrected chi connectivity index (χ0v) is 7.61. The van der Waals surface area contributed by atoms with E-state index < -0.39 is 5.91 Å². The maximum absolute atomic E-state index is 10.8. The molecular formula is C9H12N2O2. The van der Waals surface area contributed by atoms with E-state index in [1.54, 1.807) is 12.1 Å². The predicted octanol–water partition coefficient (Wildman–Crippen LogP) is 0.557. The standard InChI is InChI=1S/C9H12N2O2/c1-11(2)6-3-4-8(12)7(5-6)9(10)13/h3-5,12H,1-2H3,(H2,10,13). The second-order valence-corrected chi connectivity index (χ2v) is 2.96. The smallest absolute Gasteiger partial charge is 0.252 e. The van der Waals surface area contributed by atoms with E-state index in [9.17, 15) is 9.90 Å². The Morgan fingerprint density at radius 3 is 2.54 bits per heavy atom. The van der Waals surface area contributed by atoms with Gasteiger partial charge in [-0.05, 0) is 18.2 Å². The first-order valence-corrected chi connectivity index (χ1v) is 3.82. The van der Waals surface area contributed by atoms with E-state index in [0.29, 0.717) is 0 Å². The molecule has 1 amide bonds. The summed E-state index contributed by atoms with van der Waals surface area (Å²) >= 11 is 0. The van der Waals surface area contributed by atoms with E-state index in [2.05, 4.69) is 0 Å². The molecule has 0 aliphatic carbocycles. The minimum Gasteiger partial charge on any atom is -0.507 e. The topological polar surface area (TPSA) is 66.6 Å². The average Bonchev–Trinajstić information content (AvgIpc) is 2.04. The molecule has 0 fully saturated rings. The van der Waals surface area contributed by atoms with Crippen molar-refractivity contribution >= 4 is 11.6 Å². The van der Waals surface area contributed by atoms with Gasteiger partial charge in [0.2, 0.25) is 0 Å². The number of hydrogen-bond acceptors (Lipinski definition) is 3. The van der Waals surface area contributed by atoms with Gasteiger partial charge < -0.3 is 15.7 Å². The van der Waals surface area contributed by atoms with Gasteiger partial charge in [0.05, 0.1) is 5.56 Å². The summed E-state index contributed by atoms with van der Waals surface area (Å²) in [5.41, 5.74) is 6.04. The summed E-state index contributed by atoms with van der Waals surface area (Å²) in [6, 6.07) is 4.72. The predicted molar refractivity (Wildman–Crippen MR) is 51.0 cm³/mol. The Labute approximate surface area is 76.6 Å². The van der Waals surface area contributed by atoms with Crippen molar-refractivity contribution in [2.24, 2.45) is 5.73 Å². The number of carbonyl (C=O) groups excluding carboxylic acids is 1. The Hall–Kier alpha value is -1.71. The molecule has 0 aromatic heterocycles. The van der Waals surface area contributed by atoms with Crippen LogP contribution in [0.15, 0.2) is 18.2 Å². The summed E-state index contributed by atoms with van der Waals surface area (Å²) in [6.07, 6.45) is 0. The number of anilines is 1. The highest BCUT2D eigenvalue weighted by Gasteiger charge is 2.08. The van der Waals surface area contributed by atoms with Crippen molar-refractivity contribution in [2.75, 3.05) is 19.0 Å². The molecule has 0 unspecified atom stereocenters. The fourth-order valence-electron chi connectivity index (χ4n) is 1.000. The van der Waals surface area contributed by atoms with E-state index in [1.807, 2.05) is 19.0 Å². The number of phenols is 1. The highest BCUT2D eigenvalue weighted by Crippen LogP contribution is 2.22. The summed E-state index contributed by atoms with van der Waals surface area (Å²) < 4.78 is 0. The molecule has 4 heteroatoms. The van der Waals surface area contributed by atoms with Gasteiger partial charge in [0.25, 0.3) is 5.91 Å². The Kier molecular flexibility index (Phi) is 2.41. The molecule has 0 atom stereocenters. The summed E-state index contributed by atoms with van der Waals surface area (Å²) in [7, 11) is 3.69. The fourth-order valence-corrected chi connectivity index (χ4v) is 1.000. The summed E-state index contributed by atoms with van der Waals surface area (Å²) in [4.78, 5) is 12.7. The van der Waals surface area contributed by atoms with E-state index in [-0.39, 0.29) is 11.3 Å². The van der Waals surface area contributed by atoms with Crippen molar-refractivity contribution in [3.05, 3.63) is 23.8 Å². The molecule has 1 aromatic rings. The van der Waals surface area contributed by atoms with Crippen LogP contribution in [0.1, 0.15) is 10.4 Å². The lowest BCUT2D eigenvalue weighted by atomic mass is 10.1. The molecule has 4 nitrogen and oxygen atoms in total. The monoisotopic (exact) mass is 180 g/mol. The molecule has 13 heavy (non-hydrogen) atoms. The molecule has 0 saturated carbocycles. The number of benzene rings is 1. The highest BCUT2D eigenvalue weighted by atomic mass is 16.3. The molecule has 1 rings (SSSR count). The number of rotatable bonds is 2. The molecule has 70 valence electrons. The maximum Gasteiger partial charge on any atom is 0.252 e. The summed E-state index contributed by atoms with van der Waals surface area (Å²) in [6.45, 7) is 0. The van der Waals surface area contributed by atoms with Gasteiger partial charge in [-0.15, -0.1) is 0 Å². The SMILES string of the molecule is CN(C)c1ccc(O)c(C(N)=O)c1. The third kappa shape index (κ3) is 1.90. The lowest BCUT2D eigenvalue weighted by Crippen LogP contribution is -2.14. The molecule has 0 aliphatic rings. The van der Waals surface area contributed by atoms with Crippen molar-refractivity contribution in [1.82, 2.24) is 0 Å². The van der Waals surface area contributed by atoms with Crippen molar-refractivity contribution in [1.29, 1.82) is 0 Å². The first-order valence-electron chi connectivity index (χ1n) is 3.82. The van der Waals surface area contributed by atoms with Crippen LogP contribution < -0.4 is 10.6 Å². The number of primary amides is 1. The van der Waals surface area contributed by atoms with Crippen LogP contribution in [0.2, 0.25) is 0 Å². The van der Waals surface area contributed by atoms with Gasteiger partial charge in [0.1, 0.15) is 5.75 Å². The molecule has 0 aliphatic heterocycles. The number of carbonyl (C=O) groups is 1. The number of nitrogens with two attached hydrogens (primary N) is 1. The van der Waals surface area contributed by atoms with Crippen molar-refractivity contribution in [3.63, 3.8) is 0 Å². The second-order valence-electron chi connectivity index (χ2n) is 2.96. The summed E-state index contributed by atoms with van der Waals surface area (Å²) in [5.74, 6) is -0.709. The number of nitrogens with zero attached hydrogens (tertiary/aromatic N) is 1. The molecule has 0 saturated heterocycles. The number of hydrogen-bond donors (Lipinski definition) is 2. The van der Waals surface area contributed by atoms with E-state index in [0.717, 1.165) is 5.69 Å². The van der Waals surface area contributed by atoms with Crippen LogP contribution in [-0.4, -0.2) is 25.1 Å². The quantitative estimate of drug-likeness (QED) is 0.698. The van der Waals surface area contributed by atoms with E-state index >= 15 is 0 Å². The lowest BCUT2D eigenvalue weighted by Gasteiger charge is -2.13. The van der Waals surface area contributed by atoms with Crippen molar-refractivity contribution < 1.29 is 9.90 Å². The van der Waals surface area contributed by atoms with Crippen LogP contribution in [0.25, 0.3) is 0 Å². The van der Waals surface area contributed by atoms with Crippen LogP contribution in [0, 0.1) is 0 Å². The molecule has 0 radical (unpaired) electrons. The van der Waals surface area contributed by atoms with Gasteiger partial charge in [0.15, 0.2) is 0 Å². The van der Waals surface area contributed by atoms with Gasteiger partial charge in [0, 0.05) is 19.8 Å². The van der Waals surface area contributed by atoms with Gasteiger partial charge >= 0.3 is 0 Å². The van der Waals surface area contributed by atoms with Crippen LogP contribution in [0.5, 0.6) is 5.75 Å². The molecule has 1 aromatic carbocycles. The molecular weight excluding hydrogens is 168 g/mol. The third-order valence-electron chi connectivity index (χ3n) is 1.76. The van der Waals surface area contributed by atoms with E-state index in [1.165, 1.54) is 6.07 Å². The third-order valence-corrected chi connectivity index (χ3v) is 1.76. The van der Waals surface area contributed by atoms with Gasteiger partial charge in [-0.3, -0.25) is 4.79 Å². The largest absolute Gasteiger partial charge is 0.507 e. The molecule has 0 spiro atoms. The molecule has 3 N–H and O–H groups in total. The highest BCUT2D eigenvalue weighted by molar-refractivity contribution is 5.96. The molecule has 0 bridgehead atoms. The second kappa shape index (κ2) is 3.35. The Morgan fingerprint density at radius 2 is 2.08 bits per heavy atom. The number of aromatic hydroxyl groups is 1.